The molecule has 0 bridgehead atoms. The maximum atomic E-state index is 11.8. The molecule has 0 heterocycles. The third-order valence-corrected chi connectivity index (χ3v) is 3.13. The fraction of sp³-hybridized carbons (Fsp3) is 0.688. The van der Waals surface area contributed by atoms with Crippen LogP contribution in [-0.4, -0.2) is 5.78 Å². The minimum absolute atomic E-state index is 0.197. The van der Waals surface area contributed by atoms with E-state index in [1.165, 1.54) is 19.3 Å². The van der Waals surface area contributed by atoms with Crippen molar-refractivity contribution in [3.63, 3.8) is 0 Å². The molecule has 1 heteroatoms. The van der Waals surface area contributed by atoms with Crippen LogP contribution in [0.25, 0.3) is 0 Å². The highest BCUT2D eigenvalue weighted by Gasteiger charge is 2.12. The standard InChI is InChI=1S/C16H26O/c1-5-8-10-12-16(17)14(4)13-15(7-3)11-9-6-2/h15H,4,6-7,9-13H2,1-3H3. The van der Waals surface area contributed by atoms with Crippen molar-refractivity contribution < 1.29 is 4.79 Å². The fourth-order valence-electron chi connectivity index (χ4n) is 1.88. The van der Waals surface area contributed by atoms with E-state index in [9.17, 15) is 4.79 Å². The van der Waals surface area contributed by atoms with Crippen molar-refractivity contribution in [1.29, 1.82) is 0 Å². The molecule has 0 radical (unpaired) electrons. The van der Waals surface area contributed by atoms with Crippen LogP contribution in [0.3, 0.4) is 0 Å². The summed E-state index contributed by atoms with van der Waals surface area (Å²) < 4.78 is 0. The molecule has 0 aromatic heterocycles. The number of allylic oxidation sites excluding steroid dienone is 1. The van der Waals surface area contributed by atoms with Crippen molar-refractivity contribution >= 4 is 5.78 Å². The van der Waals surface area contributed by atoms with Gasteiger partial charge in [0, 0.05) is 12.8 Å². The van der Waals surface area contributed by atoms with E-state index in [1.807, 2.05) is 0 Å². The summed E-state index contributed by atoms with van der Waals surface area (Å²) >= 11 is 0. The van der Waals surface area contributed by atoms with Gasteiger partial charge < -0.3 is 0 Å². The Morgan fingerprint density at radius 2 is 2.06 bits per heavy atom. The van der Waals surface area contributed by atoms with Crippen molar-refractivity contribution in [3.05, 3.63) is 12.2 Å². The molecule has 96 valence electrons. The highest BCUT2D eigenvalue weighted by atomic mass is 16.1. The topological polar surface area (TPSA) is 17.1 Å². The lowest BCUT2D eigenvalue weighted by Crippen LogP contribution is -2.07. The molecule has 1 unspecified atom stereocenters. The van der Waals surface area contributed by atoms with Crippen LogP contribution in [0, 0.1) is 17.8 Å². The van der Waals surface area contributed by atoms with Gasteiger partial charge in [-0.05, 0) is 24.8 Å². The van der Waals surface area contributed by atoms with E-state index in [2.05, 4.69) is 32.3 Å². The quantitative estimate of drug-likeness (QED) is 0.423. The Hall–Kier alpha value is -1.03. The van der Waals surface area contributed by atoms with Crippen molar-refractivity contribution in [2.75, 3.05) is 0 Å². The second-order valence-electron chi connectivity index (χ2n) is 4.57. The Morgan fingerprint density at radius 3 is 2.59 bits per heavy atom. The van der Waals surface area contributed by atoms with Crippen LogP contribution in [0.2, 0.25) is 0 Å². The first-order chi connectivity index (χ1) is 8.15. The van der Waals surface area contributed by atoms with Gasteiger partial charge in [0.15, 0.2) is 5.78 Å². The normalized spacial score (nSPS) is 11.5. The Morgan fingerprint density at radius 1 is 1.35 bits per heavy atom. The first kappa shape index (κ1) is 16.0. The van der Waals surface area contributed by atoms with E-state index < -0.39 is 0 Å². The number of carbonyl (C=O) groups excluding carboxylic acids is 1. The Labute approximate surface area is 107 Å². The van der Waals surface area contributed by atoms with Crippen molar-refractivity contribution in [3.8, 4) is 11.8 Å². The molecule has 0 spiro atoms. The molecular formula is C16H26O. The molecule has 0 rings (SSSR count). The Bertz CT molecular complexity index is 290. The average molecular weight is 234 g/mol. The zero-order valence-corrected chi connectivity index (χ0v) is 11.6. The maximum absolute atomic E-state index is 11.8. The molecule has 0 aliphatic rings. The minimum Gasteiger partial charge on any atom is -0.295 e. The van der Waals surface area contributed by atoms with Gasteiger partial charge in [-0.1, -0.05) is 46.1 Å². The zero-order valence-electron chi connectivity index (χ0n) is 11.6. The first-order valence-corrected chi connectivity index (χ1v) is 6.76. The molecule has 0 fully saturated rings. The third kappa shape index (κ3) is 7.80. The highest BCUT2D eigenvalue weighted by molar-refractivity contribution is 5.94. The van der Waals surface area contributed by atoms with Gasteiger partial charge in [0.05, 0.1) is 0 Å². The van der Waals surface area contributed by atoms with E-state index in [4.69, 9.17) is 0 Å². The van der Waals surface area contributed by atoms with Gasteiger partial charge in [-0.25, -0.2) is 0 Å². The molecule has 0 amide bonds. The third-order valence-electron chi connectivity index (χ3n) is 3.13. The average Bonchev–Trinajstić information content (AvgIpc) is 2.34. The summed E-state index contributed by atoms with van der Waals surface area (Å²) in [5.41, 5.74) is 0.797. The summed E-state index contributed by atoms with van der Waals surface area (Å²) in [6.45, 7) is 10.1. The molecule has 1 atom stereocenters. The van der Waals surface area contributed by atoms with Gasteiger partial charge in [0.2, 0.25) is 0 Å². The molecule has 0 aromatic rings. The lowest BCUT2D eigenvalue weighted by atomic mass is 9.90. The minimum atomic E-state index is 0.197. The van der Waals surface area contributed by atoms with Crippen LogP contribution >= 0.6 is 0 Å². The van der Waals surface area contributed by atoms with Crippen molar-refractivity contribution in [2.45, 2.75) is 65.7 Å². The highest BCUT2D eigenvalue weighted by Crippen LogP contribution is 2.21. The fourth-order valence-corrected chi connectivity index (χ4v) is 1.88. The summed E-state index contributed by atoms with van der Waals surface area (Å²) in [5, 5.41) is 0. The maximum Gasteiger partial charge on any atom is 0.159 e. The number of unbranched alkanes of at least 4 members (excludes halogenated alkanes) is 1. The summed E-state index contributed by atoms with van der Waals surface area (Å²) in [5.74, 6) is 6.56. The molecule has 0 aliphatic heterocycles. The number of hydrogen-bond acceptors (Lipinski definition) is 1. The van der Waals surface area contributed by atoms with Gasteiger partial charge in [-0.15, -0.1) is 11.8 Å². The van der Waals surface area contributed by atoms with Crippen LogP contribution in [0.5, 0.6) is 0 Å². The van der Waals surface area contributed by atoms with Crippen LogP contribution in [0.1, 0.15) is 65.7 Å². The largest absolute Gasteiger partial charge is 0.295 e. The van der Waals surface area contributed by atoms with Gasteiger partial charge in [-0.3, -0.25) is 4.79 Å². The number of hydrogen-bond donors (Lipinski definition) is 0. The Balaban J connectivity index is 4.01. The van der Waals surface area contributed by atoms with Crippen molar-refractivity contribution in [2.24, 2.45) is 5.92 Å². The SMILES string of the molecule is C=C(CC(CC)CCCC)C(=O)CCC#CC. The van der Waals surface area contributed by atoms with Gasteiger partial charge in [0.25, 0.3) is 0 Å². The number of rotatable bonds is 9. The molecule has 0 aliphatic carbocycles. The zero-order chi connectivity index (χ0) is 13.1. The Kier molecular flexibility index (Phi) is 9.53. The first-order valence-electron chi connectivity index (χ1n) is 6.76. The van der Waals surface area contributed by atoms with Crippen molar-refractivity contribution in [1.82, 2.24) is 0 Å². The van der Waals surface area contributed by atoms with Gasteiger partial charge in [0.1, 0.15) is 0 Å². The molecule has 0 saturated carbocycles. The summed E-state index contributed by atoms with van der Waals surface area (Å²) in [7, 11) is 0. The predicted molar refractivity (Wildman–Crippen MR) is 74.8 cm³/mol. The van der Waals surface area contributed by atoms with Gasteiger partial charge in [-0.2, -0.15) is 0 Å². The molecule has 0 aromatic carbocycles. The van der Waals surface area contributed by atoms with Crippen LogP contribution < -0.4 is 0 Å². The number of ketones is 1. The lowest BCUT2D eigenvalue weighted by Gasteiger charge is -2.15. The monoisotopic (exact) mass is 234 g/mol. The predicted octanol–water partition coefficient (Wildman–Crippen LogP) is 4.52. The second kappa shape index (κ2) is 10.1. The van der Waals surface area contributed by atoms with E-state index >= 15 is 0 Å². The van der Waals surface area contributed by atoms with Crippen LogP contribution in [0.15, 0.2) is 12.2 Å². The summed E-state index contributed by atoms with van der Waals surface area (Å²) in [6.07, 6.45) is 6.90. The van der Waals surface area contributed by atoms with Gasteiger partial charge >= 0.3 is 0 Å². The number of Topliss-reactive ketones (excluding diaryl/α,β-unsaturated/α-hetero) is 1. The molecular weight excluding hydrogens is 208 g/mol. The summed E-state index contributed by atoms with van der Waals surface area (Å²) in [6, 6.07) is 0. The smallest absolute Gasteiger partial charge is 0.159 e. The van der Waals surface area contributed by atoms with E-state index in [1.54, 1.807) is 6.92 Å². The van der Waals surface area contributed by atoms with E-state index in [0.29, 0.717) is 18.8 Å². The lowest BCUT2D eigenvalue weighted by molar-refractivity contribution is -0.115. The van der Waals surface area contributed by atoms with E-state index in [0.717, 1.165) is 18.4 Å². The number of carbonyl (C=O) groups is 1. The van der Waals surface area contributed by atoms with Crippen LogP contribution in [-0.2, 0) is 4.79 Å². The molecule has 17 heavy (non-hydrogen) atoms. The summed E-state index contributed by atoms with van der Waals surface area (Å²) in [4.78, 5) is 11.8. The molecule has 0 N–H and O–H groups in total. The molecule has 0 saturated heterocycles. The van der Waals surface area contributed by atoms with Crippen LogP contribution in [0.4, 0.5) is 0 Å². The second-order valence-corrected chi connectivity index (χ2v) is 4.57. The van der Waals surface area contributed by atoms with E-state index in [-0.39, 0.29) is 5.78 Å². The molecule has 1 nitrogen and oxygen atoms in total.